The second-order valence-corrected chi connectivity index (χ2v) is 9.36. The smallest absolute Gasteiger partial charge is 0.242 e. The van der Waals surface area contributed by atoms with Gasteiger partial charge < -0.3 is 15.0 Å². The van der Waals surface area contributed by atoms with Crippen LogP contribution in [0.3, 0.4) is 0 Å². The monoisotopic (exact) mass is 447 g/mol. The maximum Gasteiger partial charge on any atom is 0.242 e. The quantitative estimate of drug-likeness (QED) is 0.597. The Labute approximate surface area is 183 Å². The Hall–Kier alpha value is -2.91. The average Bonchev–Trinajstić information content (AvgIpc) is 2.75. The Bertz CT molecular complexity index is 978. The molecular formula is C22H29N3O5S. The van der Waals surface area contributed by atoms with Crippen molar-refractivity contribution in [3.8, 4) is 5.75 Å². The van der Waals surface area contributed by atoms with Gasteiger partial charge in [-0.1, -0.05) is 42.5 Å². The van der Waals surface area contributed by atoms with Gasteiger partial charge in [-0.2, -0.15) is 4.31 Å². The minimum Gasteiger partial charge on any atom is -0.497 e. The predicted octanol–water partition coefficient (Wildman–Crippen LogP) is 1.62. The first-order valence-corrected chi connectivity index (χ1v) is 11.6. The molecule has 31 heavy (non-hydrogen) atoms. The second kappa shape index (κ2) is 10.9. The molecule has 2 aromatic carbocycles. The number of benzene rings is 2. The van der Waals surface area contributed by atoms with Gasteiger partial charge in [0, 0.05) is 20.1 Å². The summed E-state index contributed by atoms with van der Waals surface area (Å²) in [6.45, 7) is 1.77. The standard InChI is InChI=1S/C22H29N3O5S/c1-17(22(27)23-14-18-10-12-20(30-3)13-11-18)25(15-19-8-6-5-7-9-19)21(26)16-24(2)31(4,28)29/h5-13,17H,14-16H2,1-4H3,(H,23,27). The summed E-state index contributed by atoms with van der Waals surface area (Å²) >= 11 is 0. The molecule has 0 aliphatic rings. The first kappa shape index (κ1) is 24.4. The number of nitrogens with zero attached hydrogens (tertiary/aromatic N) is 2. The van der Waals surface area contributed by atoms with Gasteiger partial charge >= 0.3 is 0 Å². The summed E-state index contributed by atoms with van der Waals surface area (Å²) in [5.41, 5.74) is 1.73. The van der Waals surface area contributed by atoms with Crippen LogP contribution in [0.25, 0.3) is 0 Å². The van der Waals surface area contributed by atoms with Crippen molar-refractivity contribution in [1.82, 2.24) is 14.5 Å². The fraction of sp³-hybridized carbons (Fsp3) is 0.364. The molecule has 9 heteroatoms. The second-order valence-electron chi connectivity index (χ2n) is 7.27. The number of hydrogen-bond acceptors (Lipinski definition) is 5. The Morgan fingerprint density at radius 3 is 2.19 bits per heavy atom. The van der Waals surface area contributed by atoms with Crippen LogP contribution in [0.2, 0.25) is 0 Å². The van der Waals surface area contributed by atoms with E-state index in [1.54, 1.807) is 26.2 Å². The maximum atomic E-state index is 12.9. The Kier molecular flexibility index (Phi) is 8.58. The third-order valence-electron chi connectivity index (χ3n) is 4.91. The summed E-state index contributed by atoms with van der Waals surface area (Å²) in [5.74, 6) is -0.0657. The summed E-state index contributed by atoms with van der Waals surface area (Å²) in [4.78, 5) is 27.1. The van der Waals surface area contributed by atoms with Crippen LogP contribution in [0, 0.1) is 0 Å². The lowest BCUT2D eigenvalue weighted by Crippen LogP contribution is -2.50. The number of carbonyl (C=O) groups excluding carboxylic acids is 2. The van der Waals surface area contributed by atoms with Gasteiger partial charge in [0.25, 0.3) is 0 Å². The van der Waals surface area contributed by atoms with Crippen LogP contribution >= 0.6 is 0 Å². The number of sulfonamides is 1. The van der Waals surface area contributed by atoms with Crippen molar-refractivity contribution in [1.29, 1.82) is 0 Å². The zero-order chi connectivity index (χ0) is 23.0. The van der Waals surface area contributed by atoms with E-state index < -0.39 is 22.0 Å². The first-order chi connectivity index (χ1) is 14.6. The van der Waals surface area contributed by atoms with E-state index in [-0.39, 0.29) is 19.0 Å². The number of methoxy groups -OCH3 is 1. The summed E-state index contributed by atoms with van der Waals surface area (Å²) < 4.78 is 29.5. The van der Waals surface area contributed by atoms with Crippen LogP contribution < -0.4 is 10.1 Å². The largest absolute Gasteiger partial charge is 0.497 e. The fourth-order valence-corrected chi connectivity index (χ4v) is 3.19. The minimum absolute atomic E-state index is 0.189. The number of hydrogen-bond donors (Lipinski definition) is 1. The highest BCUT2D eigenvalue weighted by molar-refractivity contribution is 7.88. The zero-order valence-electron chi connectivity index (χ0n) is 18.2. The molecule has 168 valence electrons. The third kappa shape index (κ3) is 7.37. The molecule has 2 amide bonds. The van der Waals surface area contributed by atoms with E-state index in [9.17, 15) is 18.0 Å². The summed E-state index contributed by atoms with van der Waals surface area (Å²) in [7, 11) is -0.610. The lowest BCUT2D eigenvalue weighted by molar-refractivity contribution is -0.140. The Balaban J connectivity index is 2.12. The first-order valence-electron chi connectivity index (χ1n) is 9.77. The van der Waals surface area contributed by atoms with Crippen molar-refractivity contribution in [2.45, 2.75) is 26.1 Å². The van der Waals surface area contributed by atoms with E-state index in [2.05, 4.69) is 5.32 Å². The number of rotatable bonds is 10. The van der Waals surface area contributed by atoms with Crippen molar-refractivity contribution in [2.75, 3.05) is 27.0 Å². The van der Waals surface area contributed by atoms with Crippen molar-refractivity contribution >= 4 is 21.8 Å². The SMILES string of the molecule is COc1ccc(CNC(=O)C(C)N(Cc2ccccc2)C(=O)CN(C)S(C)(=O)=O)cc1. The molecule has 2 aromatic rings. The van der Waals surface area contributed by atoms with Crippen LogP contribution in [-0.2, 0) is 32.7 Å². The molecule has 0 spiro atoms. The van der Waals surface area contributed by atoms with E-state index >= 15 is 0 Å². The molecule has 0 aromatic heterocycles. The number of nitrogens with one attached hydrogen (secondary N) is 1. The van der Waals surface area contributed by atoms with Crippen molar-refractivity contribution in [2.24, 2.45) is 0 Å². The summed E-state index contributed by atoms with van der Waals surface area (Å²) in [6.07, 6.45) is 1.03. The van der Waals surface area contributed by atoms with Gasteiger partial charge in [-0.3, -0.25) is 9.59 Å². The Morgan fingerprint density at radius 1 is 1.03 bits per heavy atom. The van der Waals surface area contributed by atoms with Gasteiger partial charge in [0.2, 0.25) is 21.8 Å². The molecule has 1 atom stereocenters. The normalized spacial score (nSPS) is 12.3. The van der Waals surface area contributed by atoms with E-state index in [1.165, 1.54) is 11.9 Å². The highest BCUT2D eigenvalue weighted by Gasteiger charge is 2.28. The molecule has 1 N–H and O–H groups in total. The van der Waals surface area contributed by atoms with Gasteiger partial charge in [-0.15, -0.1) is 0 Å². The molecule has 0 fully saturated rings. The van der Waals surface area contributed by atoms with Gasteiger partial charge in [0.15, 0.2) is 0 Å². The van der Waals surface area contributed by atoms with Crippen LogP contribution in [-0.4, -0.2) is 62.4 Å². The minimum atomic E-state index is -3.53. The zero-order valence-corrected chi connectivity index (χ0v) is 19.1. The molecule has 8 nitrogen and oxygen atoms in total. The fourth-order valence-electron chi connectivity index (χ4n) is 2.84. The van der Waals surface area contributed by atoms with Crippen LogP contribution in [0.5, 0.6) is 5.75 Å². The molecule has 0 saturated heterocycles. The maximum absolute atomic E-state index is 12.9. The molecule has 0 heterocycles. The molecule has 0 aliphatic heterocycles. The number of likely N-dealkylation sites (N-methyl/N-ethyl adjacent to an activating group) is 1. The van der Waals surface area contributed by atoms with Gasteiger partial charge in [0.1, 0.15) is 11.8 Å². The highest BCUT2D eigenvalue weighted by atomic mass is 32.2. The number of amides is 2. The molecule has 0 aliphatic carbocycles. The van der Waals surface area contributed by atoms with Gasteiger partial charge in [-0.25, -0.2) is 8.42 Å². The topological polar surface area (TPSA) is 96.0 Å². The molecule has 1 unspecified atom stereocenters. The molecule has 0 bridgehead atoms. The highest BCUT2D eigenvalue weighted by Crippen LogP contribution is 2.13. The van der Waals surface area contributed by atoms with Crippen molar-refractivity contribution in [3.05, 3.63) is 65.7 Å². The predicted molar refractivity (Wildman–Crippen MR) is 119 cm³/mol. The van der Waals surface area contributed by atoms with Gasteiger partial charge in [-0.05, 0) is 30.2 Å². The van der Waals surface area contributed by atoms with E-state index in [4.69, 9.17) is 4.74 Å². The third-order valence-corrected chi connectivity index (χ3v) is 6.17. The van der Waals surface area contributed by atoms with Crippen LogP contribution in [0.1, 0.15) is 18.1 Å². The molecule has 2 rings (SSSR count). The number of ether oxygens (including phenoxy) is 1. The Morgan fingerprint density at radius 2 is 1.65 bits per heavy atom. The lowest BCUT2D eigenvalue weighted by atomic mass is 10.1. The van der Waals surface area contributed by atoms with E-state index in [0.717, 1.165) is 27.4 Å². The molecule has 0 radical (unpaired) electrons. The van der Waals surface area contributed by atoms with E-state index in [0.29, 0.717) is 6.54 Å². The van der Waals surface area contributed by atoms with Crippen molar-refractivity contribution in [3.63, 3.8) is 0 Å². The summed E-state index contributed by atoms with van der Waals surface area (Å²) in [5, 5.41) is 2.84. The van der Waals surface area contributed by atoms with Crippen LogP contribution in [0.4, 0.5) is 0 Å². The average molecular weight is 448 g/mol. The van der Waals surface area contributed by atoms with Crippen LogP contribution in [0.15, 0.2) is 54.6 Å². The molecular weight excluding hydrogens is 418 g/mol. The van der Waals surface area contributed by atoms with E-state index in [1.807, 2.05) is 42.5 Å². The van der Waals surface area contributed by atoms with Gasteiger partial charge in [0.05, 0.1) is 19.9 Å². The lowest BCUT2D eigenvalue weighted by Gasteiger charge is -2.30. The van der Waals surface area contributed by atoms with Crippen molar-refractivity contribution < 1.29 is 22.7 Å². The molecule has 0 saturated carbocycles. The number of carbonyl (C=O) groups is 2. The summed E-state index contributed by atoms with van der Waals surface area (Å²) in [6, 6.07) is 15.7.